The molecule has 12 heteroatoms. The summed E-state index contributed by atoms with van der Waals surface area (Å²) in [6, 6.07) is 26.9. The second-order valence-corrected chi connectivity index (χ2v) is 12.7. The highest BCUT2D eigenvalue weighted by Gasteiger charge is 2.31. The maximum absolute atomic E-state index is 13.6. The van der Waals surface area contributed by atoms with Gasteiger partial charge in [-0.1, -0.05) is 77.7 Å². The number of carbonyl (C=O) groups excluding carboxylic acids is 1. The Morgan fingerprint density at radius 3 is 1.91 bits per heavy atom. The Balaban J connectivity index is 1.59. The Morgan fingerprint density at radius 1 is 0.755 bits per heavy atom. The Hall–Kier alpha value is -6.59. The second kappa shape index (κ2) is 13.5. The quantitative estimate of drug-likeness (QED) is 0.0473. The van der Waals surface area contributed by atoms with Gasteiger partial charge < -0.3 is 30.1 Å². The van der Waals surface area contributed by atoms with Crippen molar-refractivity contribution < 1.29 is 30.3 Å². The molecule has 0 bridgehead atoms. The molecule has 0 saturated heterocycles. The van der Waals surface area contributed by atoms with Crippen LogP contribution in [-0.2, 0) is 0 Å². The Labute approximate surface area is 310 Å². The van der Waals surface area contributed by atoms with Crippen molar-refractivity contribution in [1.82, 2.24) is 19.5 Å². The highest BCUT2D eigenvalue weighted by atomic mass is 35.5. The van der Waals surface area contributed by atoms with E-state index in [1.165, 1.54) is 26.0 Å². The molecule has 0 aliphatic rings. The van der Waals surface area contributed by atoms with Crippen LogP contribution in [0.1, 0.15) is 35.5 Å². The van der Waals surface area contributed by atoms with Crippen molar-refractivity contribution in [3.8, 4) is 74.0 Å². The summed E-state index contributed by atoms with van der Waals surface area (Å²) < 4.78 is 1.60. The Morgan fingerprint density at radius 2 is 1.34 bits per heavy atom. The van der Waals surface area contributed by atoms with E-state index in [1.54, 1.807) is 35.8 Å². The first kappa shape index (κ1) is 34.8. The first-order valence-corrected chi connectivity index (χ1v) is 16.8. The molecule has 2 radical (unpaired) electrons. The zero-order valence-electron chi connectivity index (χ0n) is 28.6. The molecule has 0 fully saturated rings. The lowest BCUT2D eigenvalue weighted by atomic mass is 9.81. The third-order valence-electron chi connectivity index (χ3n) is 9.10. The molecular weight excluding hydrogens is 691 g/mol. The highest BCUT2D eigenvalue weighted by molar-refractivity contribution is 6.38. The highest BCUT2D eigenvalue weighted by Crippen LogP contribution is 2.49. The van der Waals surface area contributed by atoms with E-state index >= 15 is 0 Å². The predicted octanol–water partition coefficient (Wildman–Crippen LogP) is 8.18. The number of phenolic OH excluding ortho intramolecular Hbond substituents is 4. The number of aliphatic hydroxyl groups is 1. The number of rotatable bonds is 7. The average molecular weight is 721 g/mol. The lowest BCUT2D eigenvalue weighted by Crippen LogP contribution is -2.12. The zero-order valence-corrected chi connectivity index (χ0v) is 29.4. The minimum absolute atomic E-state index is 0.0221. The van der Waals surface area contributed by atoms with Crippen LogP contribution in [0.4, 0.5) is 0 Å². The number of aliphatic hydroxyl groups excluding tert-OH is 1. The molecule has 0 saturated carbocycles. The third-order valence-corrected chi connectivity index (χ3v) is 9.33. The summed E-state index contributed by atoms with van der Waals surface area (Å²) in [4.78, 5) is 28.1. The summed E-state index contributed by atoms with van der Waals surface area (Å²) in [5.74, 6) is -2.43. The van der Waals surface area contributed by atoms with E-state index in [1.807, 2.05) is 60.7 Å². The molecule has 5 aromatic carbocycles. The molecule has 53 heavy (non-hydrogen) atoms. The molecular formula is C41H30BClN4O6. The molecule has 0 unspecified atom stereocenters. The average Bonchev–Trinajstić information content (AvgIpc) is 3.53. The predicted molar refractivity (Wildman–Crippen MR) is 206 cm³/mol. The molecule has 0 spiro atoms. The number of ketones is 1. The van der Waals surface area contributed by atoms with Crippen LogP contribution in [0, 0.1) is 6.92 Å². The van der Waals surface area contributed by atoms with E-state index < -0.39 is 28.8 Å². The molecule has 2 heterocycles. The summed E-state index contributed by atoms with van der Waals surface area (Å²) in [5, 5.41) is 55.6. The van der Waals surface area contributed by atoms with Crippen LogP contribution in [0.3, 0.4) is 0 Å². The van der Waals surface area contributed by atoms with E-state index in [4.69, 9.17) is 34.4 Å². The van der Waals surface area contributed by atoms with Crippen molar-refractivity contribution in [2.45, 2.75) is 20.8 Å². The second-order valence-electron chi connectivity index (χ2n) is 12.3. The zero-order chi connectivity index (χ0) is 37.7. The summed E-state index contributed by atoms with van der Waals surface area (Å²) in [6.45, 7) is 4.34. The van der Waals surface area contributed by atoms with Gasteiger partial charge in [0.1, 0.15) is 19.4 Å². The number of fused-ring (bicyclic) bond motifs is 1. The van der Waals surface area contributed by atoms with Gasteiger partial charge in [-0.15, -0.1) is 0 Å². The van der Waals surface area contributed by atoms with Gasteiger partial charge in [-0.25, -0.2) is 15.0 Å². The Kier molecular flexibility index (Phi) is 8.89. The summed E-state index contributed by atoms with van der Waals surface area (Å²) in [6.07, 6.45) is 1.42. The fourth-order valence-electron chi connectivity index (χ4n) is 6.47. The van der Waals surface area contributed by atoms with E-state index in [9.17, 15) is 30.3 Å². The van der Waals surface area contributed by atoms with Crippen molar-refractivity contribution >= 4 is 47.4 Å². The van der Waals surface area contributed by atoms with E-state index in [0.717, 1.165) is 11.1 Å². The number of hydrogen-bond donors (Lipinski definition) is 5. The van der Waals surface area contributed by atoms with Crippen molar-refractivity contribution in [2.75, 3.05) is 0 Å². The first-order valence-electron chi connectivity index (χ1n) is 16.4. The molecule has 2 aromatic heterocycles. The molecule has 260 valence electrons. The number of aromatic nitrogens is 4. The van der Waals surface area contributed by atoms with Gasteiger partial charge in [0, 0.05) is 32.8 Å². The molecule has 0 atom stereocenters. The Bertz CT molecular complexity index is 2560. The van der Waals surface area contributed by atoms with Gasteiger partial charge in [0.05, 0.1) is 27.8 Å². The number of hydrogen-bond acceptors (Lipinski definition) is 9. The monoisotopic (exact) mass is 720 g/mol. The number of allylic oxidation sites excluding steroid dienone is 1. The van der Waals surface area contributed by atoms with Gasteiger partial charge in [0.15, 0.2) is 34.8 Å². The lowest BCUT2D eigenvalue weighted by Gasteiger charge is -2.18. The van der Waals surface area contributed by atoms with Gasteiger partial charge in [-0.2, -0.15) is 0 Å². The van der Waals surface area contributed by atoms with Crippen LogP contribution < -0.4 is 5.46 Å². The van der Waals surface area contributed by atoms with Crippen molar-refractivity contribution in [2.24, 2.45) is 0 Å². The number of nitrogens with zero attached hydrogens (tertiary/aromatic N) is 4. The largest absolute Gasteiger partial charge is 0.507 e. The summed E-state index contributed by atoms with van der Waals surface area (Å²) in [5.41, 5.74) is 2.35. The topological polar surface area (TPSA) is 162 Å². The minimum atomic E-state index is -0.823. The number of benzene rings is 5. The maximum Gasteiger partial charge on any atom is 0.201 e. The number of Topliss-reactive ketones (excluding diaryl/α,β-unsaturated/α-hetero) is 1. The number of phenols is 4. The van der Waals surface area contributed by atoms with Gasteiger partial charge in [-0.3, -0.25) is 4.79 Å². The van der Waals surface area contributed by atoms with E-state index in [-0.39, 0.29) is 55.9 Å². The van der Waals surface area contributed by atoms with Gasteiger partial charge in [0.2, 0.25) is 5.75 Å². The smallest absolute Gasteiger partial charge is 0.201 e. The molecule has 0 aliphatic carbocycles. The van der Waals surface area contributed by atoms with Crippen LogP contribution in [0.15, 0.2) is 97.1 Å². The van der Waals surface area contributed by atoms with Crippen LogP contribution in [0.25, 0.3) is 67.6 Å². The number of halogens is 1. The van der Waals surface area contributed by atoms with Crippen molar-refractivity contribution in [3.05, 3.63) is 119 Å². The first-order chi connectivity index (χ1) is 25.4. The minimum Gasteiger partial charge on any atom is -0.507 e. The fraction of sp³-hybridized carbons (Fsp3) is 0.0732. The molecule has 5 N–H and O–H groups in total. The number of aromatic hydroxyl groups is 4. The SMILES string of the molecule is [B]c1c(C)c(O)c(O)c(O)c1-c1ccc2c(c1O)c(C(C)=O)c(/C(O)=C\C)n2-c1ccc(Cl)cc1-c1nc(-c2ccccc2)nc(-c2ccccc2)n1. The van der Waals surface area contributed by atoms with Crippen molar-refractivity contribution in [3.63, 3.8) is 0 Å². The van der Waals surface area contributed by atoms with Crippen molar-refractivity contribution in [1.29, 1.82) is 0 Å². The molecule has 7 aromatic rings. The standard InChI is InChI=1S/C41H30BClN4O6/c1-4-29(49)34-30(21(3)48)32-28(18-16-25(36(32)51)31-33(42)20(2)35(50)38(53)37(31)52)47(34)27-17-15-24(43)19-26(27)41-45-39(22-11-7-5-8-12-22)44-40(46-41)23-13-9-6-10-14-23/h4-19,49-53H,1-3H3/b29-4+. The van der Waals surface area contributed by atoms with E-state index in [2.05, 4.69) is 0 Å². The third kappa shape index (κ3) is 5.81. The fourth-order valence-corrected chi connectivity index (χ4v) is 6.64. The molecule has 10 nitrogen and oxygen atoms in total. The lowest BCUT2D eigenvalue weighted by molar-refractivity contribution is 0.101. The summed E-state index contributed by atoms with van der Waals surface area (Å²) in [7, 11) is 6.30. The van der Waals surface area contributed by atoms with Gasteiger partial charge in [-0.05, 0) is 62.7 Å². The normalized spacial score (nSPS) is 11.7. The maximum atomic E-state index is 13.6. The number of carbonyl (C=O) groups is 1. The molecule has 7 rings (SSSR count). The van der Waals surface area contributed by atoms with Crippen LogP contribution in [0.5, 0.6) is 23.0 Å². The van der Waals surface area contributed by atoms with Crippen LogP contribution in [-0.4, -0.2) is 58.7 Å². The van der Waals surface area contributed by atoms with Gasteiger partial charge in [0.25, 0.3) is 0 Å². The van der Waals surface area contributed by atoms with E-state index in [0.29, 0.717) is 27.9 Å². The molecule has 0 amide bonds. The summed E-state index contributed by atoms with van der Waals surface area (Å²) >= 11 is 6.64. The van der Waals surface area contributed by atoms with Gasteiger partial charge >= 0.3 is 0 Å². The molecule has 0 aliphatic heterocycles. The van der Waals surface area contributed by atoms with Crippen LogP contribution in [0.2, 0.25) is 5.02 Å². The van der Waals surface area contributed by atoms with Crippen LogP contribution >= 0.6 is 11.6 Å².